The van der Waals surface area contributed by atoms with E-state index >= 15 is 0 Å². The molecule has 0 bridgehead atoms. The van der Waals surface area contributed by atoms with Crippen LogP contribution in [0.4, 0.5) is 0 Å². The highest BCUT2D eigenvalue weighted by Gasteiger charge is 2.14. The lowest BCUT2D eigenvalue weighted by Crippen LogP contribution is -1.88. The molecule has 0 aliphatic carbocycles. The Morgan fingerprint density at radius 2 is 1.09 bits per heavy atom. The van der Waals surface area contributed by atoms with Crippen LogP contribution < -0.4 is 0 Å². The minimum Gasteiger partial charge on any atom is -0.236 e. The van der Waals surface area contributed by atoms with Crippen molar-refractivity contribution in [2.45, 2.75) is 0 Å². The second-order valence-electron chi connectivity index (χ2n) is 8.80. The maximum absolute atomic E-state index is 4.99. The van der Waals surface area contributed by atoms with Crippen molar-refractivity contribution in [2.24, 2.45) is 0 Å². The Labute approximate surface area is 208 Å². The zero-order chi connectivity index (χ0) is 23.2. The van der Waals surface area contributed by atoms with E-state index < -0.39 is 0 Å². The Morgan fingerprint density at radius 1 is 0.429 bits per heavy atom. The Morgan fingerprint density at radius 3 is 1.83 bits per heavy atom. The summed E-state index contributed by atoms with van der Waals surface area (Å²) < 4.78 is 1.22. The van der Waals surface area contributed by atoms with Gasteiger partial charge in [-0.2, -0.15) is 0 Å². The van der Waals surface area contributed by atoms with Crippen LogP contribution in [0.5, 0.6) is 0 Å². The summed E-state index contributed by atoms with van der Waals surface area (Å²) in [6.07, 6.45) is 0. The zero-order valence-electron chi connectivity index (χ0n) is 19.0. The average Bonchev–Trinajstić information content (AvgIpc) is 3.37. The van der Waals surface area contributed by atoms with Crippen LogP contribution in [-0.2, 0) is 0 Å². The maximum Gasteiger partial charge on any atom is 0.124 e. The fourth-order valence-electron chi connectivity index (χ4n) is 5.05. The van der Waals surface area contributed by atoms with E-state index in [0.29, 0.717) is 0 Å². The van der Waals surface area contributed by atoms with Gasteiger partial charge in [0.05, 0.1) is 10.2 Å². The number of thiazole rings is 1. The van der Waals surface area contributed by atoms with Gasteiger partial charge >= 0.3 is 0 Å². The molecule has 0 atom stereocenters. The van der Waals surface area contributed by atoms with Gasteiger partial charge in [-0.3, -0.25) is 0 Å². The Bertz CT molecular complexity index is 1800. The number of benzene rings is 6. The van der Waals surface area contributed by atoms with Crippen LogP contribution in [0, 0.1) is 0 Å². The highest BCUT2D eigenvalue weighted by Crippen LogP contribution is 2.41. The number of nitrogens with zero attached hydrogens (tertiary/aromatic N) is 1. The monoisotopic (exact) mass is 463 g/mol. The minimum atomic E-state index is 1.05. The van der Waals surface area contributed by atoms with Crippen molar-refractivity contribution in [3.8, 4) is 32.8 Å². The van der Waals surface area contributed by atoms with Crippen LogP contribution in [-0.4, -0.2) is 4.98 Å². The van der Waals surface area contributed by atoms with Crippen molar-refractivity contribution in [3.05, 3.63) is 127 Å². The van der Waals surface area contributed by atoms with E-state index in [1.54, 1.807) is 11.3 Å². The van der Waals surface area contributed by atoms with Crippen LogP contribution >= 0.6 is 11.3 Å². The molecule has 0 amide bonds. The fourth-order valence-corrected chi connectivity index (χ4v) is 6.00. The number of para-hydroxylation sites is 1. The van der Waals surface area contributed by atoms with Crippen molar-refractivity contribution < 1.29 is 0 Å². The first-order valence-corrected chi connectivity index (χ1v) is 12.6. The molecule has 0 fully saturated rings. The molecule has 1 nitrogen and oxygen atoms in total. The largest absolute Gasteiger partial charge is 0.236 e. The van der Waals surface area contributed by atoms with E-state index in [1.165, 1.54) is 48.5 Å². The molecule has 0 unspecified atom stereocenters. The van der Waals surface area contributed by atoms with Crippen LogP contribution in [0.2, 0.25) is 0 Å². The molecule has 0 aliphatic heterocycles. The summed E-state index contributed by atoms with van der Waals surface area (Å²) in [4.78, 5) is 4.99. The van der Waals surface area contributed by atoms with Crippen molar-refractivity contribution in [2.75, 3.05) is 0 Å². The lowest BCUT2D eigenvalue weighted by atomic mass is 9.90. The summed E-state index contributed by atoms with van der Waals surface area (Å²) in [5.74, 6) is 0. The molecule has 0 N–H and O–H groups in total. The number of hydrogen-bond donors (Lipinski definition) is 0. The van der Waals surface area contributed by atoms with Gasteiger partial charge < -0.3 is 0 Å². The van der Waals surface area contributed by atoms with Gasteiger partial charge in [-0.25, -0.2) is 4.98 Å². The van der Waals surface area contributed by atoms with Gasteiger partial charge in [0.1, 0.15) is 5.01 Å². The third-order valence-electron chi connectivity index (χ3n) is 6.70. The van der Waals surface area contributed by atoms with E-state index in [9.17, 15) is 0 Å². The summed E-state index contributed by atoms with van der Waals surface area (Å²) in [6.45, 7) is 0. The fraction of sp³-hybridized carbons (Fsp3) is 0. The molecular weight excluding hydrogens is 442 g/mol. The number of rotatable bonds is 3. The quantitative estimate of drug-likeness (QED) is 0.238. The van der Waals surface area contributed by atoms with Crippen molar-refractivity contribution in [3.63, 3.8) is 0 Å². The van der Waals surface area contributed by atoms with Crippen LogP contribution in [0.3, 0.4) is 0 Å². The molecule has 0 spiro atoms. The third-order valence-corrected chi connectivity index (χ3v) is 7.79. The molecule has 0 saturated heterocycles. The summed E-state index contributed by atoms with van der Waals surface area (Å²) in [6, 6.07) is 45.6. The first-order chi connectivity index (χ1) is 17.3. The predicted molar refractivity (Wildman–Crippen MR) is 151 cm³/mol. The van der Waals surface area contributed by atoms with Gasteiger partial charge in [0.2, 0.25) is 0 Å². The standard InChI is InChI=1S/C33H21NS/c1-3-10-22(11-4-1)25-14-9-15-26-27(25)18-19-28-29(23-12-5-2-6-13-23)20-24(21-30(26)28)33-34-31-16-7-8-17-32(31)35-33/h1-21H. The molecule has 0 aliphatic rings. The summed E-state index contributed by atoms with van der Waals surface area (Å²) in [5, 5.41) is 6.12. The first kappa shape index (κ1) is 20.1. The molecule has 2 heteroatoms. The third kappa shape index (κ3) is 3.42. The summed E-state index contributed by atoms with van der Waals surface area (Å²) in [7, 11) is 0. The number of hydrogen-bond acceptors (Lipinski definition) is 2. The second kappa shape index (κ2) is 8.19. The van der Waals surface area contributed by atoms with Crippen LogP contribution in [0.15, 0.2) is 127 Å². The Kier molecular flexibility index (Phi) is 4.71. The van der Waals surface area contributed by atoms with Gasteiger partial charge in [-0.05, 0) is 68.1 Å². The highest BCUT2D eigenvalue weighted by molar-refractivity contribution is 7.21. The van der Waals surface area contributed by atoms with E-state index in [-0.39, 0.29) is 0 Å². The first-order valence-electron chi connectivity index (χ1n) is 11.8. The topological polar surface area (TPSA) is 12.9 Å². The molecule has 0 saturated carbocycles. The molecule has 7 rings (SSSR count). The molecule has 0 radical (unpaired) electrons. The smallest absolute Gasteiger partial charge is 0.124 e. The lowest BCUT2D eigenvalue weighted by Gasteiger charge is -2.14. The highest BCUT2D eigenvalue weighted by atomic mass is 32.1. The Balaban J connectivity index is 1.56. The second-order valence-corrected chi connectivity index (χ2v) is 9.83. The van der Waals surface area contributed by atoms with Crippen LogP contribution in [0.25, 0.3) is 64.6 Å². The van der Waals surface area contributed by atoms with Gasteiger partial charge in [0, 0.05) is 5.56 Å². The predicted octanol–water partition coefficient (Wildman–Crippen LogP) is 9.60. The van der Waals surface area contributed by atoms with E-state index in [2.05, 4.69) is 127 Å². The lowest BCUT2D eigenvalue weighted by molar-refractivity contribution is 1.48. The number of fused-ring (bicyclic) bond motifs is 4. The van der Waals surface area contributed by atoms with E-state index in [4.69, 9.17) is 4.98 Å². The molecule has 35 heavy (non-hydrogen) atoms. The number of aromatic nitrogens is 1. The summed E-state index contributed by atoms with van der Waals surface area (Å²) >= 11 is 1.76. The average molecular weight is 464 g/mol. The van der Waals surface area contributed by atoms with Gasteiger partial charge in [-0.15, -0.1) is 11.3 Å². The van der Waals surface area contributed by atoms with Crippen molar-refractivity contribution in [1.29, 1.82) is 0 Å². The maximum atomic E-state index is 4.99. The normalized spacial score (nSPS) is 11.4. The Hall–Kier alpha value is -4.27. The van der Waals surface area contributed by atoms with Gasteiger partial charge in [0.15, 0.2) is 0 Å². The SMILES string of the molecule is c1ccc(-c2cccc3c2ccc2c(-c4ccccc4)cc(-c4nc5ccccc5s4)cc23)cc1. The molecule has 1 aromatic heterocycles. The molecule has 7 aromatic rings. The van der Waals surface area contributed by atoms with E-state index in [1.807, 2.05) is 0 Å². The zero-order valence-corrected chi connectivity index (χ0v) is 19.8. The van der Waals surface area contributed by atoms with Crippen LogP contribution in [0.1, 0.15) is 0 Å². The van der Waals surface area contributed by atoms with E-state index in [0.717, 1.165) is 16.1 Å². The van der Waals surface area contributed by atoms with Gasteiger partial charge in [-0.1, -0.05) is 103 Å². The molecular formula is C33H21NS. The molecule has 1 heterocycles. The molecule has 164 valence electrons. The molecule has 6 aromatic carbocycles. The van der Waals surface area contributed by atoms with Crippen molar-refractivity contribution in [1.82, 2.24) is 4.98 Å². The minimum absolute atomic E-state index is 1.05. The summed E-state index contributed by atoms with van der Waals surface area (Å²) in [5.41, 5.74) is 7.18. The van der Waals surface area contributed by atoms with Gasteiger partial charge in [0.25, 0.3) is 0 Å². The van der Waals surface area contributed by atoms with Crippen molar-refractivity contribution >= 4 is 43.1 Å².